The molecule has 1 rings (SSSR count). The van der Waals surface area contributed by atoms with Crippen LogP contribution in [0.1, 0.15) is 18.0 Å². The van der Waals surface area contributed by atoms with Crippen LogP contribution in [-0.4, -0.2) is 34.1 Å². The summed E-state index contributed by atoms with van der Waals surface area (Å²) in [6, 6.07) is 3.55. The van der Waals surface area contributed by atoms with Gasteiger partial charge in [0.05, 0.1) is 25.8 Å². The predicted octanol–water partition coefficient (Wildman–Crippen LogP) is 1.74. The lowest BCUT2D eigenvalue weighted by Crippen LogP contribution is -2.29. The molecule has 0 fully saturated rings. The van der Waals surface area contributed by atoms with Crippen LogP contribution in [0.2, 0.25) is 0 Å². The van der Waals surface area contributed by atoms with E-state index in [0.29, 0.717) is 5.56 Å². The van der Waals surface area contributed by atoms with Gasteiger partial charge in [-0.1, -0.05) is 12.1 Å². The van der Waals surface area contributed by atoms with Crippen molar-refractivity contribution in [3.63, 3.8) is 0 Å². The number of benzene rings is 1. The molecule has 0 aliphatic carbocycles. The number of carbonyl (C=O) groups excluding carboxylic acids is 1. The Morgan fingerprint density at radius 2 is 1.82 bits per heavy atom. The SMILES string of the molecule is COC(=O)CC(NS(C)(=O)=O)c1ccc(OC(F)(F)F)cc1. The maximum atomic E-state index is 12.1. The maximum absolute atomic E-state index is 12.1. The summed E-state index contributed by atoms with van der Waals surface area (Å²) in [5.74, 6) is -1.12. The normalized spacial score (nSPS) is 13.5. The van der Waals surface area contributed by atoms with Crippen molar-refractivity contribution >= 4 is 16.0 Å². The summed E-state index contributed by atoms with van der Waals surface area (Å²) < 4.78 is 69.2. The number of alkyl halides is 3. The minimum atomic E-state index is -4.82. The number of carbonyl (C=O) groups is 1. The van der Waals surface area contributed by atoms with Gasteiger partial charge in [-0.25, -0.2) is 13.1 Å². The van der Waals surface area contributed by atoms with E-state index in [1.165, 1.54) is 12.1 Å². The van der Waals surface area contributed by atoms with Crippen molar-refractivity contribution in [3.05, 3.63) is 29.8 Å². The fourth-order valence-electron chi connectivity index (χ4n) is 1.64. The number of sulfonamides is 1. The van der Waals surface area contributed by atoms with Crippen LogP contribution in [0.3, 0.4) is 0 Å². The Morgan fingerprint density at radius 3 is 2.23 bits per heavy atom. The molecule has 1 aromatic carbocycles. The van der Waals surface area contributed by atoms with Gasteiger partial charge in [0.1, 0.15) is 5.75 Å². The Balaban J connectivity index is 2.96. The van der Waals surface area contributed by atoms with Gasteiger partial charge < -0.3 is 9.47 Å². The Hall–Kier alpha value is -1.81. The van der Waals surface area contributed by atoms with Crippen LogP contribution < -0.4 is 9.46 Å². The Labute approximate surface area is 125 Å². The average molecular weight is 341 g/mol. The van der Waals surface area contributed by atoms with E-state index in [2.05, 4.69) is 14.2 Å². The monoisotopic (exact) mass is 341 g/mol. The van der Waals surface area contributed by atoms with Crippen molar-refractivity contribution in [2.75, 3.05) is 13.4 Å². The van der Waals surface area contributed by atoms with Gasteiger partial charge in [0.25, 0.3) is 0 Å². The molecule has 0 amide bonds. The molecule has 0 aliphatic heterocycles. The van der Waals surface area contributed by atoms with Gasteiger partial charge in [-0.2, -0.15) is 0 Å². The smallest absolute Gasteiger partial charge is 0.469 e. The highest BCUT2D eigenvalue weighted by atomic mass is 32.2. The minimum Gasteiger partial charge on any atom is -0.469 e. The molecular weight excluding hydrogens is 327 g/mol. The van der Waals surface area contributed by atoms with Gasteiger partial charge in [0, 0.05) is 0 Å². The third-order valence-corrected chi connectivity index (χ3v) is 3.18. The first-order chi connectivity index (χ1) is 10.00. The Kier molecular flexibility index (Phi) is 5.78. The zero-order chi connectivity index (χ0) is 17.0. The van der Waals surface area contributed by atoms with Crippen molar-refractivity contribution in [2.45, 2.75) is 18.8 Å². The lowest BCUT2D eigenvalue weighted by Gasteiger charge is -2.17. The molecule has 1 aromatic rings. The molecule has 0 aromatic heterocycles. The van der Waals surface area contributed by atoms with E-state index >= 15 is 0 Å². The van der Waals surface area contributed by atoms with Gasteiger partial charge in [-0.15, -0.1) is 13.2 Å². The standard InChI is InChI=1S/C12H14F3NO5S/c1-20-11(17)7-10(16-22(2,18)19)8-3-5-9(6-4-8)21-12(13,14)15/h3-6,10,16H,7H2,1-2H3. The number of hydrogen-bond donors (Lipinski definition) is 1. The fourth-order valence-corrected chi connectivity index (χ4v) is 2.37. The van der Waals surface area contributed by atoms with Crippen molar-refractivity contribution < 1.29 is 35.9 Å². The summed E-state index contributed by atoms with van der Waals surface area (Å²) in [6.45, 7) is 0. The summed E-state index contributed by atoms with van der Waals surface area (Å²) in [5, 5.41) is 0. The van der Waals surface area contributed by atoms with E-state index in [0.717, 1.165) is 25.5 Å². The third kappa shape index (κ3) is 6.76. The molecule has 6 nitrogen and oxygen atoms in total. The first kappa shape index (κ1) is 18.2. The number of esters is 1. The summed E-state index contributed by atoms with van der Waals surface area (Å²) in [6.07, 6.45) is -4.22. The van der Waals surface area contributed by atoms with Gasteiger partial charge in [0.2, 0.25) is 10.0 Å². The largest absolute Gasteiger partial charge is 0.573 e. The molecule has 1 N–H and O–H groups in total. The topological polar surface area (TPSA) is 81.7 Å². The fraction of sp³-hybridized carbons (Fsp3) is 0.417. The summed E-state index contributed by atoms with van der Waals surface area (Å²) in [5.41, 5.74) is 0.297. The van der Waals surface area contributed by atoms with E-state index in [1.807, 2.05) is 0 Å². The second-order valence-corrected chi connectivity index (χ2v) is 6.12. The predicted molar refractivity (Wildman–Crippen MR) is 70.5 cm³/mol. The molecular formula is C12H14F3NO5S. The lowest BCUT2D eigenvalue weighted by molar-refractivity contribution is -0.274. The third-order valence-electron chi connectivity index (χ3n) is 2.47. The molecule has 0 radical (unpaired) electrons. The molecule has 10 heteroatoms. The second kappa shape index (κ2) is 6.97. The van der Waals surface area contributed by atoms with E-state index in [-0.39, 0.29) is 6.42 Å². The maximum Gasteiger partial charge on any atom is 0.573 e. The summed E-state index contributed by atoms with van der Waals surface area (Å²) in [7, 11) is -2.49. The van der Waals surface area contributed by atoms with Crippen molar-refractivity contribution in [1.29, 1.82) is 0 Å². The molecule has 0 spiro atoms. The van der Waals surface area contributed by atoms with Crippen LogP contribution >= 0.6 is 0 Å². The highest BCUT2D eigenvalue weighted by Crippen LogP contribution is 2.25. The zero-order valence-electron chi connectivity index (χ0n) is 11.7. The summed E-state index contributed by atoms with van der Waals surface area (Å²) in [4.78, 5) is 11.3. The number of rotatable bonds is 6. The molecule has 0 bridgehead atoms. The van der Waals surface area contributed by atoms with Crippen molar-refractivity contribution in [2.24, 2.45) is 0 Å². The van der Waals surface area contributed by atoms with Crippen LogP contribution in [0, 0.1) is 0 Å². The molecule has 0 saturated carbocycles. The van der Waals surface area contributed by atoms with E-state index in [1.54, 1.807) is 0 Å². The van der Waals surface area contributed by atoms with Crippen LogP contribution in [0.15, 0.2) is 24.3 Å². The van der Waals surface area contributed by atoms with Crippen LogP contribution in [0.25, 0.3) is 0 Å². The van der Waals surface area contributed by atoms with Gasteiger partial charge >= 0.3 is 12.3 Å². The number of hydrogen-bond acceptors (Lipinski definition) is 5. The Bertz CT molecular complexity index is 613. The number of ether oxygens (including phenoxy) is 2. The molecule has 0 heterocycles. The van der Waals surface area contributed by atoms with Gasteiger partial charge in [-0.3, -0.25) is 4.79 Å². The second-order valence-electron chi connectivity index (χ2n) is 4.34. The highest BCUT2D eigenvalue weighted by Gasteiger charge is 2.31. The van der Waals surface area contributed by atoms with Crippen LogP contribution in [-0.2, 0) is 19.6 Å². The Morgan fingerprint density at radius 1 is 1.27 bits per heavy atom. The van der Waals surface area contributed by atoms with Crippen molar-refractivity contribution in [1.82, 2.24) is 4.72 Å². The first-order valence-corrected chi connectivity index (χ1v) is 7.79. The number of halogens is 3. The first-order valence-electron chi connectivity index (χ1n) is 5.90. The molecule has 124 valence electrons. The average Bonchev–Trinajstić information content (AvgIpc) is 2.35. The molecule has 1 atom stereocenters. The quantitative estimate of drug-likeness (QED) is 0.797. The van der Waals surface area contributed by atoms with Gasteiger partial charge in [-0.05, 0) is 17.7 Å². The van der Waals surface area contributed by atoms with Crippen LogP contribution in [0.4, 0.5) is 13.2 Å². The molecule has 0 aliphatic rings. The zero-order valence-corrected chi connectivity index (χ0v) is 12.5. The molecule has 22 heavy (non-hydrogen) atoms. The van der Waals surface area contributed by atoms with E-state index in [4.69, 9.17) is 0 Å². The number of nitrogens with one attached hydrogen (secondary N) is 1. The summed E-state index contributed by atoms with van der Waals surface area (Å²) >= 11 is 0. The lowest BCUT2D eigenvalue weighted by atomic mass is 10.0. The molecule has 1 unspecified atom stereocenters. The van der Waals surface area contributed by atoms with E-state index < -0.39 is 34.1 Å². The van der Waals surface area contributed by atoms with Crippen molar-refractivity contribution in [3.8, 4) is 5.75 Å². The minimum absolute atomic E-state index is 0.297. The molecule has 0 saturated heterocycles. The van der Waals surface area contributed by atoms with E-state index in [9.17, 15) is 26.4 Å². The van der Waals surface area contributed by atoms with Gasteiger partial charge in [0.15, 0.2) is 0 Å². The van der Waals surface area contributed by atoms with Crippen LogP contribution in [0.5, 0.6) is 5.75 Å². The highest BCUT2D eigenvalue weighted by molar-refractivity contribution is 7.88. The number of methoxy groups -OCH3 is 1.